The van der Waals surface area contributed by atoms with Gasteiger partial charge in [-0.05, 0) is 46.5 Å². The van der Waals surface area contributed by atoms with Gasteiger partial charge in [0.2, 0.25) is 0 Å². The minimum Gasteiger partial charge on any atom is -0.478 e. The maximum absolute atomic E-state index is 11.9. The van der Waals surface area contributed by atoms with Gasteiger partial charge in [-0.15, -0.1) is 0 Å². The SMILES string of the molecule is O=C(O)c1ccccc1-c1cc(C(=O)O)c(-c2ccccc2C(=O)O)cc1C(=O)O. The monoisotopic (exact) mass is 406 g/mol. The zero-order valence-corrected chi connectivity index (χ0v) is 15.2. The van der Waals surface area contributed by atoms with E-state index < -0.39 is 23.9 Å². The number of carbonyl (C=O) groups is 4. The van der Waals surface area contributed by atoms with Crippen molar-refractivity contribution < 1.29 is 39.6 Å². The predicted octanol–water partition coefficient (Wildman–Crippen LogP) is 3.81. The number of carboxylic acid groups (broad SMARTS) is 4. The molecule has 3 aromatic carbocycles. The Bertz CT molecular complexity index is 1110. The quantitative estimate of drug-likeness (QED) is 0.483. The summed E-state index contributed by atoms with van der Waals surface area (Å²) in [5.41, 5.74) is -1.26. The lowest BCUT2D eigenvalue weighted by atomic mass is 9.87. The van der Waals surface area contributed by atoms with Gasteiger partial charge in [-0.1, -0.05) is 36.4 Å². The zero-order valence-electron chi connectivity index (χ0n) is 15.2. The van der Waals surface area contributed by atoms with E-state index in [1.807, 2.05) is 0 Å². The summed E-state index contributed by atoms with van der Waals surface area (Å²) in [5, 5.41) is 38.3. The van der Waals surface area contributed by atoms with Gasteiger partial charge in [-0.3, -0.25) is 0 Å². The van der Waals surface area contributed by atoms with Crippen molar-refractivity contribution in [2.75, 3.05) is 0 Å². The lowest BCUT2D eigenvalue weighted by molar-refractivity contribution is 0.0681. The average Bonchev–Trinajstić information content (AvgIpc) is 2.72. The van der Waals surface area contributed by atoms with Crippen molar-refractivity contribution >= 4 is 23.9 Å². The summed E-state index contributed by atoms with van der Waals surface area (Å²) < 4.78 is 0. The van der Waals surface area contributed by atoms with E-state index in [1.165, 1.54) is 48.5 Å². The minimum absolute atomic E-state index is 0.0305. The van der Waals surface area contributed by atoms with E-state index in [4.69, 9.17) is 0 Å². The first kappa shape index (κ1) is 20.3. The Morgan fingerprint density at radius 3 is 1.03 bits per heavy atom. The van der Waals surface area contributed by atoms with Crippen LogP contribution in [-0.2, 0) is 0 Å². The van der Waals surface area contributed by atoms with E-state index in [2.05, 4.69) is 0 Å². The normalized spacial score (nSPS) is 10.4. The second kappa shape index (κ2) is 7.88. The Morgan fingerprint density at radius 1 is 0.433 bits per heavy atom. The molecule has 30 heavy (non-hydrogen) atoms. The Kier molecular flexibility index (Phi) is 5.33. The van der Waals surface area contributed by atoms with Crippen LogP contribution in [0.5, 0.6) is 0 Å². The summed E-state index contributed by atoms with van der Waals surface area (Å²) in [6, 6.07) is 13.3. The maximum atomic E-state index is 11.9. The molecule has 8 heteroatoms. The summed E-state index contributed by atoms with van der Waals surface area (Å²) in [5.74, 6) is -5.45. The van der Waals surface area contributed by atoms with Crippen LogP contribution in [0.1, 0.15) is 41.4 Å². The first-order valence-electron chi connectivity index (χ1n) is 8.52. The van der Waals surface area contributed by atoms with Gasteiger partial charge in [0.25, 0.3) is 0 Å². The molecule has 0 aromatic heterocycles. The van der Waals surface area contributed by atoms with Gasteiger partial charge in [0.05, 0.1) is 22.3 Å². The second-order valence-electron chi connectivity index (χ2n) is 6.26. The van der Waals surface area contributed by atoms with Gasteiger partial charge in [0, 0.05) is 0 Å². The standard InChI is InChI=1S/C22H14O8/c23-19(24)13-7-3-1-5-11(13)15-9-18(22(29)30)16(10-17(15)21(27)28)12-6-2-4-8-14(12)20(25)26/h1-10H,(H,23,24)(H,25,26)(H,27,28)(H,29,30). The van der Waals surface area contributed by atoms with Crippen LogP contribution in [0.15, 0.2) is 60.7 Å². The van der Waals surface area contributed by atoms with Crippen molar-refractivity contribution in [1.82, 2.24) is 0 Å². The summed E-state index contributed by atoms with van der Waals surface area (Å²) in [4.78, 5) is 47.0. The molecule has 8 nitrogen and oxygen atoms in total. The van der Waals surface area contributed by atoms with Crippen molar-refractivity contribution in [3.63, 3.8) is 0 Å². The molecule has 0 aliphatic heterocycles. The number of carboxylic acids is 4. The Morgan fingerprint density at radius 2 is 0.733 bits per heavy atom. The fourth-order valence-electron chi connectivity index (χ4n) is 3.21. The van der Waals surface area contributed by atoms with Crippen molar-refractivity contribution in [3.8, 4) is 22.3 Å². The first-order valence-corrected chi connectivity index (χ1v) is 8.52. The van der Waals surface area contributed by atoms with Gasteiger partial charge < -0.3 is 20.4 Å². The molecule has 0 heterocycles. The van der Waals surface area contributed by atoms with Crippen LogP contribution in [-0.4, -0.2) is 44.3 Å². The third kappa shape index (κ3) is 3.61. The first-order chi connectivity index (χ1) is 14.2. The third-order valence-corrected chi connectivity index (χ3v) is 4.51. The number of rotatable bonds is 6. The largest absolute Gasteiger partial charge is 0.478 e. The van der Waals surface area contributed by atoms with E-state index in [0.29, 0.717) is 0 Å². The molecule has 4 N–H and O–H groups in total. The fraction of sp³-hybridized carbons (Fsp3) is 0. The van der Waals surface area contributed by atoms with Crippen molar-refractivity contribution in [1.29, 1.82) is 0 Å². The third-order valence-electron chi connectivity index (χ3n) is 4.51. The van der Waals surface area contributed by atoms with Crippen LogP contribution in [0, 0.1) is 0 Å². The highest BCUT2D eigenvalue weighted by Crippen LogP contribution is 2.35. The summed E-state index contributed by atoms with van der Waals surface area (Å²) in [6.45, 7) is 0. The van der Waals surface area contributed by atoms with E-state index >= 15 is 0 Å². The Hall–Kier alpha value is -4.46. The van der Waals surface area contributed by atoms with Gasteiger partial charge in [0.15, 0.2) is 0 Å². The molecule has 0 aliphatic rings. The summed E-state index contributed by atoms with van der Waals surface area (Å²) in [7, 11) is 0. The Balaban J connectivity index is 2.42. The van der Waals surface area contributed by atoms with E-state index in [1.54, 1.807) is 0 Å². The van der Waals surface area contributed by atoms with Crippen LogP contribution in [0.4, 0.5) is 0 Å². The average molecular weight is 406 g/mol. The van der Waals surface area contributed by atoms with Crippen LogP contribution < -0.4 is 0 Å². The summed E-state index contributed by atoms with van der Waals surface area (Å²) >= 11 is 0. The smallest absolute Gasteiger partial charge is 0.336 e. The van der Waals surface area contributed by atoms with Gasteiger partial charge in [-0.25, -0.2) is 19.2 Å². The highest BCUT2D eigenvalue weighted by Gasteiger charge is 2.25. The number of aromatic carboxylic acids is 4. The molecule has 3 aromatic rings. The van der Waals surface area contributed by atoms with Gasteiger partial charge in [-0.2, -0.15) is 0 Å². The fourth-order valence-corrected chi connectivity index (χ4v) is 3.21. The van der Waals surface area contributed by atoms with Crippen LogP contribution in [0.3, 0.4) is 0 Å². The molecule has 0 amide bonds. The molecule has 0 spiro atoms. The van der Waals surface area contributed by atoms with E-state index in [-0.39, 0.29) is 44.5 Å². The second-order valence-corrected chi connectivity index (χ2v) is 6.26. The number of hydrogen-bond donors (Lipinski definition) is 4. The molecule has 0 aliphatic carbocycles. The van der Waals surface area contributed by atoms with Crippen molar-refractivity contribution in [2.24, 2.45) is 0 Å². The van der Waals surface area contributed by atoms with Crippen molar-refractivity contribution in [3.05, 3.63) is 82.9 Å². The maximum Gasteiger partial charge on any atom is 0.336 e. The van der Waals surface area contributed by atoms with Crippen LogP contribution in [0.25, 0.3) is 22.3 Å². The Labute approximate surface area is 169 Å². The molecule has 150 valence electrons. The van der Waals surface area contributed by atoms with Crippen molar-refractivity contribution in [2.45, 2.75) is 0 Å². The van der Waals surface area contributed by atoms with Gasteiger partial charge in [0.1, 0.15) is 0 Å². The zero-order chi connectivity index (χ0) is 22.0. The van der Waals surface area contributed by atoms with E-state index in [0.717, 1.165) is 12.1 Å². The minimum atomic E-state index is -1.42. The molecule has 0 unspecified atom stereocenters. The molecule has 3 rings (SSSR count). The predicted molar refractivity (Wildman–Crippen MR) is 105 cm³/mol. The van der Waals surface area contributed by atoms with Crippen LogP contribution >= 0.6 is 0 Å². The molecular formula is C22H14O8. The molecule has 0 saturated carbocycles. The molecule has 0 saturated heterocycles. The molecule has 0 fully saturated rings. The van der Waals surface area contributed by atoms with Gasteiger partial charge >= 0.3 is 23.9 Å². The number of hydrogen-bond acceptors (Lipinski definition) is 4. The summed E-state index contributed by atoms with van der Waals surface area (Å²) in [6.07, 6.45) is 0. The van der Waals surface area contributed by atoms with Crippen LogP contribution in [0.2, 0.25) is 0 Å². The highest BCUT2D eigenvalue weighted by molar-refractivity contribution is 6.08. The highest BCUT2D eigenvalue weighted by atomic mass is 16.4. The molecule has 0 bridgehead atoms. The molecule has 0 atom stereocenters. The van der Waals surface area contributed by atoms with E-state index in [9.17, 15) is 39.6 Å². The molecule has 0 radical (unpaired) electrons. The number of benzene rings is 3. The lowest BCUT2D eigenvalue weighted by Crippen LogP contribution is -2.09. The lowest BCUT2D eigenvalue weighted by Gasteiger charge is -2.15. The molecular weight excluding hydrogens is 392 g/mol. The topological polar surface area (TPSA) is 149 Å².